The molecule has 0 heterocycles. The lowest BCUT2D eigenvalue weighted by Crippen LogP contribution is -2.40. The topological polar surface area (TPSA) is 52.6 Å². The zero-order valence-electron chi connectivity index (χ0n) is 11.7. The molecule has 0 aromatic heterocycles. The van der Waals surface area contributed by atoms with Crippen LogP contribution in [0.25, 0.3) is 0 Å². The standard InChI is InChI=1S/C14H28N2O2/c1-3-5-6-7-8-9-10-11-12-14(17)15-16(18)13-4-2/h3,18H,1,4-13H2,2H3,(H,15,17). The van der Waals surface area contributed by atoms with Gasteiger partial charge in [-0.05, 0) is 25.7 Å². The molecule has 0 aliphatic carbocycles. The highest BCUT2D eigenvalue weighted by atomic mass is 16.5. The Balaban J connectivity index is 3.27. The largest absolute Gasteiger partial charge is 0.295 e. The van der Waals surface area contributed by atoms with Crippen molar-refractivity contribution >= 4 is 5.91 Å². The van der Waals surface area contributed by atoms with E-state index < -0.39 is 0 Å². The maximum atomic E-state index is 11.4. The number of hydrogen-bond acceptors (Lipinski definition) is 3. The summed E-state index contributed by atoms with van der Waals surface area (Å²) in [5.74, 6) is -0.0994. The van der Waals surface area contributed by atoms with Gasteiger partial charge in [-0.3, -0.25) is 15.4 Å². The molecule has 0 aliphatic rings. The number of carbonyl (C=O) groups excluding carboxylic acids is 1. The van der Waals surface area contributed by atoms with Crippen LogP contribution in [0, 0.1) is 0 Å². The fourth-order valence-electron chi connectivity index (χ4n) is 1.75. The lowest BCUT2D eigenvalue weighted by molar-refractivity contribution is -0.160. The van der Waals surface area contributed by atoms with Crippen molar-refractivity contribution in [3.8, 4) is 0 Å². The number of hydrazine groups is 1. The van der Waals surface area contributed by atoms with E-state index in [2.05, 4.69) is 12.0 Å². The zero-order valence-corrected chi connectivity index (χ0v) is 11.7. The molecule has 106 valence electrons. The fraction of sp³-hybridized carbons (Fsp3) is 0.786. The van der Waals surface area contributed by atoms with E-state index in [4.69, 9.17) is 0 Å². The van der Waals surface area contributed by atoms with E-state index in [0.717, 1.165) is 30.9 Å². The van der Waals surface area contributed by atoms with E-state index in [1.54, 1.807) is 0 Å². The molecule has 0 radical (unpaired) electrons. The molecule has 0 saturated carbocycles. The normalized spacial score (nSPS) is 10.6. The molecule has 0 bridgehead atoms. The molecule has 0 saturated heterocycles. The predicted molar refractivity (Wildman–Crippen MR) is 74.1 cm³/mol. The molecule has 0 rings (SSSR count). The maximum Gasteiger partial charge on any atom is 0.236 e. The number of nitrogens with zero attached hydrogens (tertiary/aromatic N) is 1. The second kappa shape index (κ2) is 12.6. The van der Waals surface area contributed by atoms with Crippen LogP contribution in [0.3, 0.4) is 0 Å². The van der Waals surface area contributed by atoms with Crippen LogP contribution in [-0.4, -0.2) is 22.8 Å². The maximum absolute atomic E-state index is 11.4. The number of hydrogen-bond donors (Lipinski definition) is 2. The third-order valence-corrected chi connectivity index (χ3v) is 2.75. The summed E-state index contributed by atoms with van der Waals surface area (Å²) in [6.07, 6.45) is 11.2. The first-order valence-corrected chi connectivity index (χ1v) is 7.07. The van der Waals surface area contributed by atoms with Gasteiger partial charge in [-0.25, -0.2) is 0 Å². The van der Waals surface area contributed by atoms with Crippen molar-refractivity contribution in [3.05, 3.63) is 12.7 Å². The van der Waals surface area contributed by atoms with Gasteiger partial charge in [-0.15, -0.1) is 11.8 Å². The third kappa shape index (κ3) is 11.6. The Morgan fingerprint density at radius 2 is 1.83 bits per heavy atom. The monoisotopic (exact) mass is 256 g/mol. The van der Waals surface area contributed by atoms with Crippen LogP contribution in [-0.2, 0) is 4.79 Å². The molecule has 4 heteroatoms. The van der Waals surface area contributed by atoms with Crippen molar-refractivity contribution in [3.63, 3.8) is 0 Å². The van der Waals surface area contributed by atoms with Gasteiger partial charge in [0.15, 0.2) is 0 Å². The summed E-state index contributed by atoms with van der Waals surface area (Å²) in [5, 5.41) is 10.1. The van der Waals surface area contributed by atoms with E-state index in [0.29, 0.717) is 13.0 Å². The average Bonchev–Trinajstić information content (AvgIpc) is 2.32. The number of hydroxylamine groups is 1. The smallest absolute Gasteiger partial charge is 0.236 e. The van der Waals surface area contributed by atoms with Gasteiger partial charge in [0.1, 0.15) is 0 Å². The highest BCUT2D eigenvalue weighted by Gasteiger charge is 2.04. The SMILES string of the molecule is C=CCCCCCCCCC(=O)NN(O)CCC. The molecule has 0 unspecified atom stereocenters. The number of unbranched alkanes of at least 4 members (excludes halogenated alkanes) is 6. The minimum absolute atomic E-state index is 0.0994. The predicted octanol–water partition coefficient (Wildman–Crippen LogP) is 3.43. The molecular formula is C14H28N2O2. The van der Waals surface area contributed by atoms with Crippen LogP contribution in [0.5, 0.6) is 0 Å². The Morgan fingerprint density at radius 3 is 2.44 bits per heavy atom. The van der Waals surface area contributed by atoms with Crippen molar-refractivity contribution in [1.29, 1.82) is 0 Å². The summed E-state index contributed by atoms with van der Waals surface area (Å²) in [7, 11) is 0. The Hall–Kier alpha value is -0.870. The van der Waals surface area contributed by atoms with Crippen molar-refractivity contribution < 1.29 is 10.0 Å². The van der Waals surface area contributed by atoms with Gasteiger partial charge in [0.05, 0.1) is 0 Å². The molecule has 4 nitrogen and oxygen atoms in total. The molecule has 18 heavy (non-hydrogen) atoms. The fourth-order valence-corrected chi connectivity index (χ4v) is 1.75. The minimum Gasteiger partial charge on any atom is -0.295 e. The molecule has 0 atom stereocenters. The Bertz CT molecular complexity index is 220. The van der Waals surface area contributed by atoms with Crippen molar-refractivity contribution in [2.24, 2.45) is 0 Å². The van der Waals surface area contributed by atoms with Crippen LogP contribution < -0.4 is 5.43 Å². The van der Waals surface area contributed by atoms with Gasteiger partial charge in [0, 0.05) is 13.0 Å². The van der Waals surface area contributed by atoms with Crippen molar-refractivity contribution in [2.45, 2.75) is 64.7 Å². The first-order valence-electron chi connectivity index (χ1n) is 7.07. The van der Waals surface area contributed by atoms with Crippen LogP contribution in [0.4, 0.5) is 0 Å². The second-order valence-corrected chi connectivity index (χ2v) is 4.61. The molecule has 0 aromatic rings. The number of allylic oxidation sites excluding steroid dienone is 1. The first kappa shape index (κ1) is 17.1. The molecule has 0 fully saturated rings. The van der Waals surface area contributed by atoms with Crippen molar-refractivity contribution in [2.75, 3.05) is 6.54 Å². The summed E-state index contributed by atoms with van der Waals surface area (Å²) in [6, 6.07) is 0. The number of carbonyl (C=O) groups is 1. The number of rotatable bonds is 12. The second-order valence-electron chi connectivity index (χ2n) is 4.61. The highest BCUT2D eigenvalue weighted by molar-refractivity contribution is 5.75. The molecule has 2 N–H and O–H groups in total. The molecule has 0 aliphatic heterocycles. The molecule has 0 spiro atoms. The average molecular weight is 256 g/mol. The Labute approximate surface area is 111 Å². The molecule has 1 amide bonds. The van der Waals surface area contributed by atoms with Gasteiger partial charge in [-0.1, -0.05) is 38.7 Å². The highest BCUT2D eigenvalue weighted by Crippen LogP contribution is 2.08. The van der Waals surface area contributed by atoms with Crippen LogP contribution in [0.2, 0.25) is 0 Å². The molecular weight excluding hydrogens is 228 g/mol. The Kier molecular flexibility index (Phi) is 12.0. The van der Waals surface area contributed by atoms with E-state index in [-0.39, 0.29) is 5.91 Å². The van der Waals surface area contributed by atoms with Gasteiger partial charge < -0.3 is 0 Å². The van der Waals surface area contributed by atoms with Gasteiger partial charge >= 0.3 is 0 Å². The van der Waals surface area contributed by atoms with Gasteiger partial charge in [0.2, 0.25) is 5.91 Å². The van der Waals surface area contributed by atoms with Crippen LogP contribution in [0.15, 0.2) is 12.7 Å². The summed E-state index contributed by atoms with van der Waals surface area (Å²) in [4.78, 5) is 11.4. The summed E-state index contributed by atoms with van der Waals surface area (Å²) >= 11 is 0. The quantitative estimate of drug-likeness (QED) is 0.319. The van der Waals surface area contributed by atoms with Gasteiger partial charge in [0.25, 0.3) is 0 Å². The van der Waals surface area contributed by atoms with Crippen LogP contribution in [0.1, 0.15) is 64.7 Å². The summed E-state index contributed by atoms with van der Waals surface area (Å²) in [5.41, 5.74) is 2.44. The number of amides is 1. The lowest BCUT2D eigenvalue weighted by Gasteiger charge is -2.14. The zero-order chi connectivity index (χ0) is 13.6. The summed E-state index contributed by atoms with van der Waals surface area (Å²) < 4.78 is 0. The molecule has 0 aromatic carbocycles. The van der Waals surface area contributed by atoms with E-state index in [1.807, 2.05) is 13.0 Å². The van der Waals surface area contributed by atoms with Gasteiger partial charge in [-0.2, -0.15) is 0 Å². The van der Waals surface area contributed by atoms with Crippen LogP contribution >= 0.6 is 0 Å². The van der Waals surface area contributed by atoms with E-state index >= 15 is 0 Å². The van der Waals surface area contributed by atoms with E-state index in [1.165, 1.54) is 25.7 Å². The first-order chi connectivity index (χ1) is 8.70. The summed E-state index contributed by atoms with van der Waals surface area (Å²) in [6.45, 7) is 6.11. The third-order valence-electron chi connectivity index (χ3n) is 2.75. The van der Waals surface area contributed by atoms with Crippen molar-refractivity contribution in [1.82, 2.24) is 10.6 Å². The number of nitrogens with one attached hydrogen (secondary N) is 1. The Morgan fingerprint density at radius 1 is 1.22 bits per heavy atom. The van der Waals surface area contributed by atoms with E-state index in [9.17, 15) is 10.0 Å². The minimum atomic E-state index is -0.0994. The lowest BCUT2D eigenvalue weighted by atomic mass is 10.1.